The molecule has 1 heterocycles. The van der Waals surface area contributed by atoms with Gasteiger partial charge in [-0.2, -0.15) is 4.31 Å². The molecule has 3 rings (SSSR count). The lowest BCUT2D eigenvalue weighted by atomic mass is 10.2. The summed E-state index contributed by atoms with van der Waals surface area (Å²) in [6.07, 6.45) is -0.309. The maximum atomic E-state index is 13.0. The second-order valence-corrected chi connectivity index (χ2v) is 9.97. The molecule has 2 unspecified atom stereocenters. The Labute approximate surface area is 201 Å². The quantitative estimate of drug-likeness (QED) is 0.525. The summed E-state index contributed by atoms with van der Waals surface area (Å²) < 4.78 is 44.1. The van der Waals surface area contributed by atoms with Crippen molar-refractivity contribution in [2.45, 2.75) is 44.8 Å². The molecule has 9 nitrogen and oxygen atoms in total. The van der Waals surface area contributed by atoms with Gasteiger partial charge in [-0.15, -0.1) is 0 Å². The third kappa shape index (κ3) is 6.62. The molecule has 2 aromatic carbocycles. The van der Waals surface area contributed by atoms with Crippen molar-refractivity contribution in [3.8, 4) is 11.5 Å². The van der Waals surface area contributed by atoms with E-state index in [1.165, 1.54) is 4.31 Å². The molecule has 1 amide bonds. The van der Waals surface area contributed by atoms with Crippen molar-refractivity contribution in [1.29, 1.82) is 0 Å². The Hall–Kier alpha value is -2.82. The molecule has 0 aliphatic carbocycles. The average Bonchev–Trinajstić information content (AvgIpc) is 2.79. The van der Waals surface area contributed by atoms with Gasteiger partial charge in [-0.25, -0.2) is 8.42 Å². The molecule has 1 aliphatic rings. The van der Waals surface area contributed by atoms with Crippen LogP contribution in [0.1, 0.15) is 27.7 Å². The van der Waals surface area contributed by atoms with E-state index in [4.69, 9.17) is 14.2 Å². The van der Waals surface area contributed by atoms with Crippen molar-refractivity contribution >= 4 is 27.3 Å². The van der Waals surface area contributed by atoms with Crippen LogP contribution in [0.3, 0.4) is 0 Å². The zero-order chi connectivity index (χ0) is 24.7. The van der Waals surface area contributed by atoms with Crippen LogP contribution in [0, 0.1) is 0 Å². The van der Waals surface area contributed by atoms with E-state index in [1.807, 2.05) is 27.7 Å². The first kappa shape index (κ1) is 25.8. The minimum Gasteiger partial charge on any atom is -0.490 e. The molecule has 2 N–H and O–H groups in total. The SMILES string of the molecule is CCOc1ccc(NC(=O)CNc2ccc(S(=O)(=O)N3CC(C)OC(C)C3)cc2)cc1OCC. The molecule has 2 atom stereocenters. The molecule has 0 saturated carbocycles. The van der Waals surface area contributed by atoms with E-state index in [0.717, 1.165) is 0 Å². The standard InChI is InChI=1S/C24H33N3O6S/c1-5-31-22-12-9-20(13-23(22)32-6-2)26-24(28)14-25-19-7-10-21(11-8-19)34(29,30)27-15-17(3)33-18(4)16-27/h7-13,17-18,25H,5-6,14-16H2,1-4H3,(H,26,28). The normalized spacial score (nSPS) is 18.8. The summed E-state index contributed by atoms with van der Waals surface area (Å²) in [4.78, 5) is 12.6. The molecule has 0 aromatic heterocycles. The molecule has 0 spiro atoms. The van der Waals surface area contributed by atoms with Gasteiger partial charge >= 0.3 is 0 Å². The van der Waals surface area contributed by atoms with E-state index >= 15 is 0 Å². The fourth-order valence-corrected chi connectivity index (χ4v) is 5.33. The first-order chi connectivity index (χ1) is 16.2. The Morgan fingerprint density at radius 3 is 2.18 bits per heavy atom. The summed E-state index contributed by atoms with van der Waals surface area (Å²) in [7, 11) is -3.61. The van der Waals surface area contributed by atoms with Crippen LogP contribution < -0.4 is 20.1 Å². The van der Waals surface area contributed by atoms with Gasteiger partial charge < -0.3 is 24.8 Å². The molecule has 0 radical (unpaired) electrons. The van der Waals surface area contributed by atoms with Crippen molar-refractivity contribution in [2.24, 2.45) is 0 Å². The van der Waals surface area contributed by atoms with Gasteiger partial charge in [0.05, 0.1) is 36.9 Å². The number of rotatable bonds is 10. The molecular weight excluding hydrogens is 458 g/mol. The highest BCUT2D eigenvalue weighted by Crippen LogP contribution is 2.30. The Morgan fingerprint density at radius 2 is 1.56 bits per heavy atom. The summed E-state index contributed by atoms with van der Waals surface area (Å²) in [5, 5.41) is 5.83. The van der Waals surface area contributed by atoms with Crippen LogP contribution in [-0.4, -0.2) is 63.7 Å². The summed E-state index contributed by atoms with van der Waals surface area (Å²) >= 11 is 0. The Bertz CT molecular complexity index is 1060. The van der Waals surface area contributed by atoms with Crippen LogP contribution in [0.2, 0.25) is 0 Å². The maximum Gasteiger partial charge on any atom is 0.243 e. The smallest absolute Gasteiger partial charge is 0.243 e. The number of ether oxygens (including phenoxy) is 3. The van der Waals surface area contributed by atoms with Gasteiger partial charge in [0.1, 0.15) is 0 Å². The maximum absolute atomic E-state index is 13.0. The van der Waals surface area contributed by atoms with Gasteiger partial charge in [0.25, 0.3) is 0 Å². The molecule has 1 aliphatic heterocycles. The summed E-state index contributed by atoms with van der Waals surface area (Å²) in [6.45, 7) is 9.15. The number of nitrogens with zero attached hydrogens (tertiary/aromatic N) is 1. The number of nitrogens with one attached hydrogen (secondary N) is 2. The van der Waals surface area contributed by atoms with Gasteiger partial charge in [0, 0.05) is 30.5 Å². The van der Waals surface area contributed by atoms with Crippen LogP contribution in [0.15, 0.2) is 47.4 Å². The van der Waals surface area contributed by atoms with Gasteiger partial charge in [0.15, 0.2) is 11.5 Å². The van der Waals surface area contributed by atoms with E-state index in [1.54, 1.807) is 42.5 Å². The van der Waals surface area contributed by atoms with E-state index in [9.17, 15) is 13.2 Å². The lowest BCUT2D eigenvalue weighted by molar-refractivity contribution is -0.114. The summed E-state index contributed by atoms with van der Waals surface area (Å²) in [5.74, 6) is 0.937. The largest absolute Gasteiger partial charge is 0.490 e. The van der Waals surface area contributed by atoms with Gasteiger partial charge in [-0.3, -0.25) is 4.79 Å². The fourth-order valence-electron chi connectivity index (χ4n) is 3.74. The Morgan fingerprint density at radius 1 is 0.971 bits per heavy atom. The molecule has 10 heteroatoms. The van der Waals surface area contributed by atoms with E-state index in [0.29, 0.717) is 49.2 Å². The number of sulfonamides is 1. The number of morpholine rings is 1. The lowest BCUT2D eigenvalue weighted by Crippen LogP contribution is -2.48. The third-order valence-corrected chi connectivity index (χ3v) is 7.00. The number of hydrogen-bond donors (Lipinski definition) is 2. The molecular formula is C24H33N3O6S. The molecule has 0 bridgehead atoms. The summed E-state index contributed by atoms with van der Waals surface area (Å²) in [6, 6.07) is 11.6. The van der Waals surface area contributed by atoms with E-state index in [-0.39, 0.29) is 29.6 Å². The molecule has 1 saturated heterocycles. The van der Waals surface area contributed by atoms with Crippen molar-refractivity contribution in [3.05, 3.63) is 42.5 Å². The second-order valence-electron chi connectivity index (χ2n) is 8.03. The molecule has 1 fully saturated rings. The van der Waals surface area contributed by atoms with Gasteiger partial charge in [-0.1, -0.05) is 0 Å². The van der Waals surface area contributed by atoms with Crippen molar-refractivity contribution < 1.29 is 27.4 Å². The average molecular weight is 492 g/mol. The second kappa shape index (κ2) is 11.5. The van der Waals surface area contributed by atoms with Crippen LogP contribution in [0.25, 0.3) is 0 Å². The van der Waals surface area contributed by atoms with Crippen LogP contribution in [0.4, 0.5) is 11.4 Å². The van der Waals surface area contributed by atoms with Crippen molar-refractivity contribution in [1.82, 2.24) is 4.31 Å². The minimum absolute atomic E-state index is 0.0156. The monoisotopic (exact) mass is 491 g/mol. The van der Waals surface area contributed by atoms with Crippen molar-refractivity contribution in [2.75, 3.05) is 43.5 Å². The Kier molecular flexibility index (Phi) is 8.76. The molecule has 186 valence electrons. The van der Waals surface area contributed by atoms with Crippen molar-refractivity contribution in [3.63, 3.8) is 0 Å². The van der Waals surface area contributed by atoms with E-state index in [2.05, 4.69) is 10.6 Å². The van der Waals surface area contributed by atoms with Crippen LogP contribution in [-0.2, 0) is 19.6 Å². The van der Waals surface area contributed by atoms with Gasteiger partial charge in [-0.05, 0) is 64.1 Å². The zero-order valence-electron chi connectivity index (χ0n) is 20.0. The number of hydrogen-bond acceptors (Lipinski definition) is 7. The molecule has 2 aromatic rings. The topological polar surface area (TPSA) is 106 Å². The molecule has 34 heavy (non-hydrogen) atoms. The lowest BCUT2D eigenvalue weighted by Gasteiger charge is -2.34. The Balaban J connectivity index is 1.58. The minimum atomic E-state index is -3.61. The number of benzene rings is 2. The predicted octanol–water partition coefficient (Wildman–Crippen LogP) is 3.33. The van der Waals surface area contributed by atoms with Crippen LogP contribution in [0.5, 0.6) is 11.5 Å². The first-order valence-corrected chi connectivity index (χ1v) is 12.9. The van der Waals surface area contributed by atoms with E-state index < -0.39 is 10.0 Å². The number of amides is 1. The third-order valence-electron chi connectivity index (χ3n) is 5.16. The number of carbonyl (C=O) groups excluding carboxylic acids is 1. The number of anilines is 2. The fraction of sp³-hybridized carbons (Fsp3) is 0.458. The van der Waals surface area contributed by atoms with Crippen LogP contribution >= 0.6 is 0 Å². The summed E-state index contributed by atoms with van der Waals surface area (Å²) in [5.41, 5.74) is 1.23. The highest BCUT2D eigenvalue weighted by Gasteiger charge is 2.32. The predicted molar refractivity (Wildman–Crippen MR) is 131 cm³/mol. The highest BCUT2D eigenvalue weighted by molar-refractivity contribution is 7.89. The zero-order valence-corrected chi connectivity index (χ0v) is 20.9. The number of carbonyl (C=O) groups is 1. The first-order valence-electron chi connectivity index (χ1n) is 11.4. The highest BCUT2D eigenvalue weighted by atomic mass is 32.2. The van der Waals surface area contributed by atoms with Gasteiger partial charge in [0.2, 0.25) is 15.9 Å².